The number of ether oxygens (including phenoxy) is 1. The van der Waals surface area contributed by atoms with E-state index in [9.17, 15) is 4.79 Å². The molecule has 2 aromatic rings. The molecule has 2 aromatic carbocycles. The number of carbonyl (C=O) groups excluding carboxylic acids is 1. The van der Waals surface area contributed by atoms with Crippen LogP contribution in [0.4, 0.5) is 0 Å². The molecular weight excluding hydrogens is 328 g/mol. The zero-order chi connectivity index (χ0) is 14.7. The Balaban J connectivity index is 1.88. The third kappa shape index (κ3) is 3.09. The number of ketones is 1. The fraction of sp³-hybridized carbons (Fsp3) is 0.278. The van der Waals surface area contributed by atoms with Crippen molar-refractivity contribution in [1.29, 1.82) is 0 Å². The Labute approximate surface area is 133 Å². The van der Waals surface area contributed by atoms with E-state index in [0.717, 1.165) is 35.0 Å². The molecule has 1 aliphatic heterocycles. The molecule has 1 fully saturated rings. The van der Waals surface area contributed by atoms with Crippen molar-refractivity contribution in [3.05, 3.63) is 70.2 Å². The molecule has 3 rings (SSSR count). The van der Waals surface area contributed by atoms with Gasteiger partial charge in [0.25, 0.3) is 0 Å². The number of rotatable bonds is 4. The summed E-state index contributed by atoms with van der Waals surface area (Å²) < 4.78 is 6.94. The summed E-state index contributed by atoms with van der Waals surface area (Å²) in [6.07, 6.45) is 2.30. The summed E-state index contributed by atoms with van der Waals surface area (Å²) in [6, 6.07) is 17.7. The Morgan fingerprint density at radius 1 is 1.14 bits per heavy atom. The molecule has 0 saturated carbocycles. The summed E-state index contributed by atoms with van der Waals surface area (Å²) >= 11 is 3.42. The fourth-order valence-electron chi connectivity index (χ4n) is 2.93. The summed E-state index contributed by atoms with van der Waals surface area (Å²) in [5.74, 6) is 0.127. The Morgan fingerprint density at radius 3 is 2.62 bits per heavy atom. The lowest BCUT2D eigenvalue weighted by Crippen LogP contribution is -2.28. The van der Waals surface area contributed by atoms with Crippen molar-refractivity contribution in [3.8, 4) is 0 Å². The summed E-state index contributed by atoms with van der Waals surface area (Å²) in [5.41, 5.74) is 1.38. The van der Waals surface area contributed by atoms with Gasteiger partial charge in [-0.15, -0.1) is 0 Å². The highest BCUT2D eigenvalue weighted by atomic mass is 79.9. The molecule has 21 heavy (non-hydrogen) atoms. The molecule has 1 unspecified atom stereocenters. The summed E-state index contributed by atoms with van der Waals surface area (Å²) in [4.78, 5) is 12.6. The molecule has 0 bridgehead atoms. The van der Waals surface area contributed by atoms with Gasteiger partial charge in [-0.3, -0.25) is 4.79 Å². The van der Waals surface area contributed by atoms with Crippen molar-refractivity contribution in [3.63, 3.8) is 0 Å². The number of hydrogen-bond donors (Lipinski definition) is 0. The maximum Gasteiger partial charge on any atom is 0.166 e. The third-order valence-corrected chi connectivity index (χ3v) is 4.49. The summed E-state index contributed by atoms with van der Waals surface area (Å²) in [7, 11) is 0. The number of benzene rings is 2. The van der Waals surface area contributed by atoms with E-state index in [1.54, 1.807) is 0 Å². The van der Waals surface area contributed by atoms with Gasteiger partial charge in [0, 0.05) is 23.1 Å². The van der Waals surface area contributed by atoms with Crippen molar-refractivity contribution in [2.45, 2.75) is 24.9 Å². The maximum absolute atomic E-state index is 12.6. The van der Waals surface area contributed by atoms with Gasteiger partial charge in [0.1, 0.15) is 5.60 Å². The average molecular weight is 345 g/mol. The molecule has 1 saturated heterocycles. The Hall–Kier alpha value is -1.45. The number of Topliss-reactive ketones (excluding diaryl/α,β-unsaturated/α-hetero) is 1. The summed E-state index contributed by atoms with van der Waals surface area (Å²) in [6.45, 7) is 0.723. The van der Waals surface area contributed by atoms with Crippen molar-refractivity contribution in [2.75, 3.05) is 6.61 Å². The summed E-state index contributed by atoms with van der Waals surface area (Å²) in [5, 5.41) is 0. The highest BCUT2D eigenvalue weighted by molar-refractivity contribution is 9.10. The van der Waals surface area contributed by atoms with Gasteiger partial charge in [-0.05, 0) is 30.5 Å². The lowest BCUT2D eigenvalue weighted by Gasteiger charge is -2.28. The monoisotopic (exact) mass is 344 g/mol. The minimum absolute atomic E-state index is 0.127. The van der Waals surface area contributed by atoms with E-state index in [4.69, 9.17) is 4.74 Å². The zero-order valence-corrected chi connectivity index (χ0v) is 13.3. The molecular formula is C18H17BrO2. The standard InChI is InChI=1S/C18H17BrO2/c19-16-9-4-6-14(12-16)17(20)13-18(10-5-11-21-18)15-7-2-1-3-8-15/h1-4,6-9,12H,5,10-11,13H2. The van der Waals surface area contributed by atoms with Crippen molar-refractivity contribution in [1.82, 2.24) is 0 Å². The Bertz CT molecular complexity index is 631. The first kappa shape index (κ1) is 14.5. The molecule has 1 aliphatic rings. The first-order chi connectivity index (χ1) is 10.2. The largest absolute Gasteiger partial charge is 0.370 e. The van der Waals surface area contributed by atoms with Crippen LogP contribution in [-0.4, -0.2) is 12.4 Å². The zero-order valence-electron chi connectivity index (χ0n) is 11.7. The van der Waals surface area contributed by atoms with Gasteiger partial charge in [0.05, 0.1) is 0 Å². The van der Waals surface area contributed by atoms with Gasteiger partial charge in [-0.2, -0.15) is 0 Å². The smallest absolute Gasteiger partial charge is 0.166 e. The molecule has 0 radical (unpaired) electrons. The van der Waals surface area contributed by atoms with Crippen LogP contribution in [0, 0.1) is 0 Å². The van der Waals surface area contributed by atoms with E-state index in [1.165, 1.54) is 0 Å². The fourth-order valence-corrected chi connectivity index (χ4v) is 3.33. The SMILES string of the molecule is O=C(CC1(c2ccccc2)CCCO1)c1cccc(Br)c1. The quantitative estimate of drug-likeness (QED) is 0.749. The molecule has 0 aromatic heterocycles. The molecule has 1 heterocycles. The van der Waals surface area contributed by atoms with E-state index in [-0.39, 0.29) is 5.78 Å². The minimum Gasteiger partial charge on any atom is -0.370 e. The van der Waals surface area contributed by atoms with E-state index >= 15 is 0 Å². The van der Waals surface area contributed by atoms with E-state index in [1.807, 2.05) is 42.5 Å². The molecule has 0 aliphatic carbocycles. The van der Waals surface area contributed by atoms with Crippen LogP contribution in [0.1, 0.15) is 35.2 Å². The van der Waals surface area contributed by atoms with Crippen LogP contribution in [0.2, 0.25) is 0 Å². The maximum atomic E-state index is 12.6. The van der Waals surface area contributed by atoms with Crippen LogP contribution in [0.25, 0.3) is 0 Å². The van der Waals surface area contributed by atoms with Crippen LogP contribution in [-0.2, 0) is 10.3 Å². The second kappa shape index (κ2) is 6.12. The van der Waals surface area contributed by atoms with Gasteiger partial charge < -0.3 is 4.74 Å². The Morgan fingerprint density at radius 2 is 1.95 bits per heavy atom. The molecule has 1 atom stereocenters. The van der Waals surface area contributed by atoms with Gasteiger partial charge in [0.2, 0.25) is 0 Å². The van der Waals surface area contributed by atoms with Crippen LogP contribution in [0.5, 0.6) is 0 Å². The third-order valence-electron chi connectivity index (χ3n) is 4.00. The number of carbonyl (C=O) groups is 1. The van der Waals surface area contributed by atoms with E-state index < -0.39 is 5.60 Å². The van der Waals surface area contributed by atoms with Gasteiger partial charge in [-0.1, -0.05) is 58.4 Å². The van der Waals surface area contributed by atoms with E-state index in [2.05, 4.69) is 28.1 Å². The minimum atomic E-state index is -0.458. The highest BCUT2D eigenvalue weighted by Crippen LogP contribution is 2.40. The molecule has 3 heteroatoms. The topological polar surface area (TPSA) is 26.3 Å². The lowest BCUT2D eigenvalue weighted by atomic mass is 9.85. The first-order valence-electron chi connectivity index (χ1n) is 7.18. The molecule has 2 nitrogen and oxygen atoms in total. The second-order valence-electron chi connectivity index (χ2n) is 5.42. The predicted molar refractivity (Wildman–Crippen MR) is 86.4 cm³/mol. The predicted octanol–water partition coefficient (Wildman–Crippen LogP) is 4.73. The van der Waals surface area contributed by atoms with Crippen molar-refractivity contribution < 1.29 is 9.53 Å². The molecule has 0 N–H and O–H groups in total. The van der Waals surface area contributed by atoms with Crippen LogP contribution in [0.3, 0.4) is 0 Å². The van der Waals surface area contributed by atoms with Gasteiger partial charge in [0.15, 0.2) is 5.78 Å². The number of halogens is 1. The normalized spacial score (nSPS) is 21.4. The van der Waals surface area contributed by atoms with Crippen LogP contribution in [0.15, 0.2) is 59.1 Å². The highest BCUT2D eigenvalue weighted by Gasteiger charge is 2.39. The molecule has 0 amide bonds. The number of hydrogen-bond acceptors (Lipinski definition) is 2. The average Bonchev–Trinajstić information content (AvgIpc) is 2.98. The van der Waals surface area contributed by atoms with Gasteiger partial charge in [-0.25, -0.2) is 0 Å². The van der Waals surface area contributed by atoms with Crippen molar-refractivity contribution in [2.24, 2.45) is 0 Å². The van der Waals surface area contributed by atoms with Crippen LogP contribution < -0.4 is 0 Å². The van der Waals surface area contributed by atoms with Crippen molar-refractivity contribution >= 4 is 21.7 Å². The van der Waals surface area contributed by atoms with Crippen LogP contribution >= 0.6 is 15.9 Å². The molecule has 0 spiro atoms. The lowest BCUT2D eigenvalue weighted by molar-refractivity contribution is -0.00323. The molecule has 108 valence electrons. The Kier molecular flexibility index (Phi) is 4.22. The van der Waals surface area contributed by atoms with E-state index in [0.29, 0.717) is 6.42 Å². The first-order valence-corrected chi connectivity index (χ1v) is 7.97. The second-order valence-corrected chi connectivity index (χ2v) is 6.34. The van der Waals surface area contributed by atoms with Gasteiger partial charge >= 0.3 is 0 Å².